The summed E-state index contributed by atoms with van der Waals surface area (Å²) in [6.07, 6.45) is 13.6. The zero-order chi connectivity index (χ0) is 8.81. The summed E-state index contributed by atoms with van der Waals surface area (Å²) in [5, 5.41) is 0. The molecule has 12 heavy (non-hydrogen) atoms. The van der Waals surface area contributed by atoms with E-state index in [-0.39, 0.29) is 0 Å². The van der Waals surface area contributed by atoms with Crippen LogP contribution in [0.3, 0.4) is 0 Å². The Morgan fingerprint density at radius 3 is 1.67 bits per heavy atom. The maximum absolute atomic E-state index is 3.88. The van der Waals surface area contributed by atoms with Gasteiger partial charge in [-0.25, -0.2) is 0 Å². The molecule has 2 unspecified atom stereocenters. The average molecular weight is 162 g/mol. The van der Waals surface area contributed by atoms with E-state index in [1.54, 1.807) is 0 Å². The lowest BCUT2D eigenvalue weighted by atomic mass is 9.84. The van der Waals surface area contributed by atoms with Crippen molar-refractivity contribution in [1.29, 1.82) is 0 Å². The quantitative estimate of drug-likeness (QED) is 0.543. The smallest absolute Gasteiger partial charge is 0.0170 e. The Morgan fingerprint density at radius 1 is 0.917 bits per heavy atom. The molecule has 0 fully saturated rings. The van der Waals surface area contributed by atoms with E-state index in [4.69, 9.17) is 0 Å². The van der Waals surface area contributed by atoms with Gasteiger partial charge in [-0.3, -0.25) is 0 Å². The SMILES string of the molecule is C=CC1CC/C=C/CCC1C=C. The van der Waals surface area contributed by atoms with Crippen molar-refractivity contribution in [2.45, 2.75) is 25.7 Å². The molecule has 1 rings (SSSR count). The first kappa shape index (κ1) is 9.31. The first-order chi connectivity index (χ1) is 5.88. The predicted molar refractivity (Wildman–Crippen MR) is 55.0 cm³/mol. The van der Waals surface area contributed by atoms with Crippen molar-refractivity contribution in [3.8, 4) is 0 Å². The normalized spacial score (nSPS) is 33.0. The van der Waals surface area contributed by atoms with Crippen LogP contribution in [0.5, 0.6) is 0 Å². The Labute approximate surface area is 75.7 Å². The van der Waals surface area contributed by atoms with Gasteiger partial charge in [0.1, 0.15) is 0 Å². The van der Waals surface area contributed by atoms with Crippen molar-refractivity contribution in [2.24, 2.45) is 11.8 Å². The van der Waals surface area contributed by atoms with Crippen molar-refractivity contribution in [2.75, 3.05) is 0 Å². The summed E-state index contributed by atoms with van der Waals surface area (Å²) >= 11 is 0. The molecule has 0 aromatic rings. The standard InChI is InChI=1S/C12H18/c1-3-11-9-7-5-6-8-10-12(11)4-2/h3-6,11-12H,1-2,7-10H2/b6-5+. The molecule has 0 heteroatoms. The van der Waals surface area contributed by atoms with Crippen LogP contribution in [0.1, 0.15) is 25.7 Å². The Morgan fingerprint density at radius 2 is 1.33 bits per heavy atom. The number of rotatable bonds is 2. The van der Waals surface area contributed by atoms with Gasteiger partial charge < -0.3 is 0 Å². The summed E-state index contributed by atoms with van der Waals surface area (Å²) in [6, 6.07) is 0. The summed E-state index contributed by atoms with van der Waals surface area (Å²) in [6.45, 7) is 7.77. The summed E-state index contributed by atoms with van der Waals surface area (Å²) in [5.41, 5.74) is 0. The maximum Gasteiger partial charge on any atom is -0.0170 e. The Bertz CT molecular complexity index is 156. The van der Waals surface area contributed by atoms with Gasteiger partial charge in [-0.2, -0.15) is 0 Å². The number of allylic oxidation sites excluding steroid dienone is 4. The van der Waals surface area contributed by atoms with E-state index in [1.165, 1.54) is 25.7 Å². The molecule has 2 atom stereocenters. The third-order valence-electron chi connectivity index (χ3n) is 2.66. The van der Waals surface area contributed by atoms with Gasteiger partial charge in [0, 0.05) is 0 Å². The van der Waals surface area contributed by atoms with Gasteiger partial charge in [0.2, 0.25) is 0 Å². The zero-order valence-corrected chi connectivity index (χ0v) is 7.71. The molecule has 0 aromatic carbocycles. The number of hydrogen-bond donors (Lipinski definition) is 0. The van der Waals surface area contributed by atoms with Crippen molar-refractivity contribution in [3.63, 3.8) is 0 Å². The molecular formula is C12H18. The second-order valence-electron chi connectivity index (χ2n) is 3.43. The van der Waals surface area contributed by atoms with Crippen LogP contribution in [0.2, 0.25) is 0 Å². The van der Waals surface area contributed by atoms with Crippen LogP contribution >= 0.6 is 0 Å². The molecule has 0 saturated carbocycles. The first-order valence-corrected chi connectivity index (χ1v) is 4.78. The highest BCUT2D eigenvalue weighted by Crippen LogP contribution is 2.26. The van der Waals surface area contributed by atoms with Crippen molar-refractivity contribution >= 4 is 0 Å². The average Bonchev–Trinajstić information content (AvgIpc) is 2.05. The lowest BCUT2D eigenvalue weighted by Crippen LogP contribution is -2.10. The largest absolute Gasteiger partial charge is 0.103 e. The van der Waals surface area contributed by atoms with Gasteiger partial charge in [-0.15, -0.1) is 13.2 Å². The van der Waals surface area contributed by atoms with Crippen LogP contribution in [0.25, 0.3) is 0 Å². The molecule has 0 nitrogen and oxygen atoms in total. The van der Waals surface area contributed by atoms with Gasteiger partial charge in [0.05, 0.1) is 0 Å². The lowest BCUT2D eigenvalue weighted by Gasteiger charge is -2.21. The fourth-order valence-corrected chi connectivity index (χ4v) is 1.83. The molecule has 66 valence electrons. The minimum Gasteiger partial charge on any atom is -0.103 e. The Kier molecular flexibility index (Phi) is 3.86. The highest BCUT2D eigenvalue weighted by molar-refractivity contribution is 4.98. The first-order valence-electron chi connectivity index (χ1n) is 4.78. The van der Waals surface area contributed by atoms with Crippen LogP contribution in [0.4, 0.5) is 0 Å². The summed E-state index contributed by atoms with van der Waals surface area (Å²) in [4.78, 5) is 0. The van der Waals surface area contributed by atoms with Crippen LogP contribution in [-0.4, -0.2) is 0 Å². The third kappa shape index (κ3) is 2.37. The van der Waals surface area contributed by atoms with Crippen LogP contribution in [-0.2, 0) is 0 Å². The van der Waals surface area contributed by atoms with E-state index >= 15 is 0 Å². The van der Waals surface area contributed by atoms with E-state index in [0.717, 1.165) is 0 Å². The predicted octanol–water partition coefficient (Wildman–Crippen LogP) is 3.72. The fraction of sp³-hybridized carbons (Fsp3) is 0.500. The van der Waals surface area contributed by atoms with Crippen molar-refractivity contribution in [3.05, 3.63) is 37.5 Å². The van der Waals surface area contributed by atoms with Crippen LogP contribution < -0.4 is 0 Å². The summed E-state index contributed by atoms with van der Waals surface area (Å²) < 4.78 is 0. The van der Waals surface area contributed by atoms with Crippen molar-refractivity contribution in [1.82, 2.24) is 0 Å². The molecule has 0 aromatic heterocycles. The third-order valence-corrected chi connectivity index (χ3v) is 2.66. The molecule has 0 heterocycles. The zero-order valence-electron chi connectivity index (χ0n) is 7.71. The molecular weight excluding hydrogens is 144 g/mol. The monoisotopic (exact) mass is 162 g/mol. The van der Waals surface area contributed by atoms with E-state index in [0.29, 0.717) is 11.8 Å². The maximum atomic E-state index is 3.88. The number of hydrogen-bond acceptors (Lipinski definition) is 0. The van der Waals surface area contributed by atoms with Gasteiger partial charge in [0.25, 0.3) is 0 Å². The van der Waals surface area contributed by atoms with E-state index in [1.807, 2.05) is 0 Å². The van der Waals surface area contributed by atoms with E-state index in [2.05, 4.69) is 37.5 Å². The van der Waals surface area contributed by atoms with Crippen LogP contribution in [0.15, 0.2) is 37.5 Å². The minimum absolute atomic E-state index is 0.646. The van der Waals surface area contributed by atoms with E-state index in [9.17, 15) is 0 Å². The van der Waals surface area contributed by atoms with Gasteiger partial charge >= 0.3 is 0 Å². The fourth-order valence-electron chi connectivity index (χ4n) is 1.83. The Hall–Kier alpha value is -0.780. The van der Waals surface area contributed by atoms with Gasteiger partial charge in [0.15, 0.2) is 0 Å². The molecule has 0 saturated heterocycles. The second-order valence-corrected chi connectivity index (χ2v) is 3.43. The van der Waals surface area contributed by atoms with Crippen molar-refractivity contribution < 1.29 is 0 Å². The molecule has 1 aliphatic rings. The summed E-state index contributed by atoms with van der Waals surface area (Å²) in [5.74, 6) is 1.29. The molecule has 0 aliphatic heterocycles. The van der Waals surface area contributed by atoms with Gasteiger partial charge in [-0.05, 0) is 37.5 Å². The molecule has 0 spiro atoms. The van der Waals surface area contributed by atoms with Gasteiger partial charge in [-0.1, -0.05) is 24.3 Å². The Balaban J connectivity index is 2.60. The second kappa shape index (κ2) is 4.97. The summed E-state index contributed by atoms with van der Waals surface area (Å²) in [7, 11) is 0. The molecule has 0 radical (unpaired) electrons. The topological polar surface area (TPSA) is 0 Å². The lowest BCUT2D eigenvalue weighted by molar-refractivity contribution is 0.420. The molecule has 1 aliphatic carbocycles. The molecule has 0 N–H and O–H groups in total. The highest BCUT2D eigenvalue weighted by atomic mass is 14.2. The molecule has 0 amide bonds. The molecule has 0 bridgehead atoms. The minimum atomic E-state index is 0.646. The highest BCUT2D eigenvalue weighted by Gasteiger charge is 2.15. The van der Waals surface area contributed by atoms with E-state index < -0.39 is 0 Å². The van der Waals surface area contributed by atoms with Crippen LogP contribution in [0, 0.1) is 11.8 Å².